The molecule has 0 spiro atoms. The van der Waals surface area contributed by atoms with Crippen LogP contribution >= 0.6 is 0 Å². The molecule has 1 saturated heterocycles. The van der Waals surface area contributed by atoms with Crippen molar-refractivity contribution >= 4 is 0 Å². The van der Waals surface area contributed by atoms with E-state index < -0.39 is 0 Å². The summed E-state index contributed by atoms with van der Waals surface area (Å²) in [6.07, 6.45) is 3.35. The highest BCUT2D eigenvalue weighted by molar-refractivity contribution is 5.17. The first-order valence-corrected chi connectivity index (χ1v) is 7.94. The van der Waals surface area contributed by atoms with Crippen molar-refractivity contribution in [2.45, 2.75) is 58.8 Å². The topological polar surface area (TPSA) is 37.6 Å². The van der Waals surface area contributed by atoms with Crippen molar-refractivity contribution in [2.24, 2.45) is 5.92 Å². The van der Waals surface area contributed by atoms with Gasteiger partial charge in [-0.1, -0.05) is 6.92 Å². The molecule has 1 aromatic heterocycles. The molecule has 1 aliphatic rings. The fraction of sp³-hybridized carbons (Fsp3) is 0.765. The molecule has 0 radical (unpaired) electrons. The second kappa shape index (κ2) is 6.95. The molecular formula is C17H30N2O2. The third kappa shape index (κ3) is 4.83. The highest BCUT2D eigenvalue weighted by Crippen LogP contribution is 2.22. The van der Waals surface area contributed by atoms with Crippen molar-refractivity contribution in [3.05, 3.63) is 23.7 Å². The lowest BCUT2D eigenvalue weighted by Gasteiger charge is -2.36. The van der Waals surface area contributed by atoms with E-state index in [1.807, 2.05) is 7.11 Å². The minimum Gasteiger partial charge on any atom is -0.468 e. The molecule has 0 aliphatic carbocycles. The molecule has 1 N–H and O–H groups in total. The van der Waals surface area contributed by atoms with Gasteiger partial charge in [-0.25, -0.2) is 0 Å². The average Bonchev–Trinajstić information content (AvgIpc) is 2.85. The lowest BCUT2D eigenvalue weighted by molar-refractivity contribution is -0.00760. The molecule has 120 valence electrons. The van der Waals surface area contributed by atoms with Gasteiger partial charge >= 0.3 is 0 Å². The summed E-state index contributed by atoms with van der Waals surface area (Å²) in [4.78, 5) is 2.47. The molecule has 4 nitrogen and oxygen atoms in total. The molecule has 1 fully saturated rings. The number of rotatable bonds is 5. The number of likely N-dealkylation sites (tertiary alicyclic amines) is 1. The monoisotopic (exact) mass is 294 g/mol. The van der Waals surface area contributed by atoms with Gasteiger partial charge in [0.25, 0.3) is 0 Å². The first kappa shape index (κ1) is 16.5. The summed E-state index contributed by atoms with van der Waals surface area (Å²) < 4.78 is 11.3. The zero-order chi connectivity index (χ0) is 15.5. The van der Waals surface area contributed by atoms with Crippen molar-refractivity contribution in [1.82, 2.24) is 10.2 Å². The first-order valence-electron chi connectivity index (χ1n) is 7.94. The molecular weight excluding hydrogens is 264 g/mol. The fourth-order valence-corrected chi connectivity index (χ4v) is 2.80. The number of ether oxygens (including phenoxy) is 1. The van der Waals surface area contributed by atoms with Gasteiger partial charge in [-0.2, -0.15) is 0 Å². The standard InChI is InChI=1S/C17H30N2O2/c1-13-6-8-19(12-16(13)20-5)11-14-7-9-21-15(14)10-18-17(2,3)4/h7,9,13,16,18H,6,8,10-12H2,1-5H3. The Kier molecular flexibility index (Phi) is 5.47. The third-order valence-corrected chi connectivity index (χ3v) is 4.29. The van der Waals surface area contributed by atoms with E-state index in [0.29, 0.717) is 12.0 Å². The average molecular weight is 294 g/mol. The van der Waals surface area contributed by atoms with Gasteiger partial charge in [0.05, 0.1) is 18.9 Å². The molecule has 2 rings (SSSR count). The van der Waals surface area contributed by atoms with Crippen LogP contribution in [-0.4, -0.2) is 36.7 Å². The molecule has 2 heterocycles. The number of methoxy groups -OCH3 is 1. The zero-order valence-electron chi connectivity index (χ0n) is 14.1. The number of piperidine rings is 1. The van der Waals surface area contributed by atoms with E-state index in [-0.39, 0.29) is 5.54 Å². The molecule has 0 aromatic carbocycles. The van der Waals surface area contributed by atoms with Gasteiger partial charge in [0.2, 0.25) is 0 Å². The van der Waals surface area contributed by atoms with Gasteiger partial charge in [-0.3, -0.25) is 4.90 Å². The maximum Gasteiger partial charge on any atom is 0.122 e. The normalized spacial score (nSPS) is 24.4. The van der Waals surface area contributed by atoms with Crippen LogP contribution in [0, 0.1) is 5.92 Å². The highest BCUT2D eigenvalue weighted by Gasteiger charge is 2.26. The summed E-state index contributed by atoms with van der Waals surface area (Å²) >= 11 is 0. The second-order valence-corrected chi connectivity index (χ2v) is 7.25. The molecule has 21 heavy (non-hydrogen) atoms. The number of furan rings is 1. The van der Waals surface area contributed by atoms with Crippen LogP contribution in [-0.2, 0) is 17.8 Å². The Morgan fingerprint density at radius 1 is 1.43 bits per heavy atom. The van der Waals surface area contributed by atoms with Gasteiger partial charge in [-0.15, -0.1) is 0 Å². The van der Waals surface area contributed by atoms with Gasteiger partial charge in [0.15, 0.2) is 0 Å². The summed E-state index contributed by atoms with van der Waals surface area (Å²) in [6, 6.07) is 2.10. The molecule has 0 saturated carbocycles. The predicted molar refractivity (Wildman–Crippen MR) is 85.2 cm³/mol. The Morgan fingerprint density at radius 2 is 2.19 bits per heavy atom. The maximum absolute atomic E-state index is 5.66. The van der Waals surface area contributed by atoms with E-state index >= 15 is 0 Å². The quantitative estimate of drug-likeness (QED) is 0.906. The maximum atomic E-state index is 5.66. The first-order chi connectivity index (χ1) is 9.89. The van der Waals surface area contributed by atoms with E-state index in [4.69, 9.17) is 9.15 Å². The van der Waals surface area contributed by atoms with E-state index in [1.54, 1.807) is 6.26 Å². The number of nitrogens with zero attached hydrogens (tertiary/aromatic N) is 1. The minimum absolute atomic E-state index is 0.103. The Morgan fingerprint density at radius 3 is 2.86 bits per heavy atom. The smallest absolute Gasteiger partial charge is 0.122 e. The van der Waals surface area contributed by atoms with E-state index in [0.717, 1.165) is 31.9 Å². The Hall–Kier alpha value is -0.840. The summed E-state index contributed by atoms with van der Waals surface area (Å²) in [5.41, 5.74) is 1.39. The lowest BCUT2D eigenvalue weighted by atomic mass is 9.95. The van der Waals surface area contributed by atoms with Crippen molar-refractivity contribution in [3.63, 3.8) is 0 Å². The van der Waals surface area contributed by atoms with Crippen LogP contribution in [0.2, 0.25) is 0 Å². The van der Waals surface area contributed by atoms with E-state index in [9.17, 15) is 0 Å². The Bertz CT molecular complexity index is 436. The minimum atomic E-state index is 0.103. The molecule has 2 unspecified atom stereocenters. The largest absolute Gasteiger partial charge is 0.468 e. The van der Waals surface area contributed by atoms with Crippen LogP contribution in [0.25, 0.3) is 0 Å². The fourth-order valence-electron chi connectivity index (χ4n) is 2.80. The SMILES string of the molecule is COC1CN(Cc2ccoc2CNC(C)(C)C)CCC1C. The Labute approximate surface area is 128 Å². The van der Waals surface area contributed by atoms with Crippen molar-refractivity contribution in [1.29, 1.82) is 0 Å². The highest BCUT2D eigenvalue weighted by atomic mass is 16.5. The lowest BCUT2D eigenvalue weighted by Crippen LogP contribution is -2.43. The molecule has 1 aliphatic heterocycles. The molecule has 4 heteroatoms. The summed E-state index contributed by atoms with van der Waals surface area (Å²) in [6.45, 7) is 12.7. The van der Waals surface area contributed by atoms with E-state index in [1.165, 1.54) is 12.0 Å². The summed E-state index contributed by atoms with van der Waals surface area (Å²) in [7, 11) is 1.82. The van der Waals surface area contributed by atoms with Crippen LogP contribution in [0.5, 0.6) is 0 Å². The number of nitrogens with one attached hydrogen (secondary N) is 1. The van der Waals surface area contributed by atoms with Crippen molar-refractivity contribution in [2.75, 3.05) is 20.2 Å². The number of hydrogen-bond donors (Lipinski definition) is 1. The van der Waals surface area contributed by atoms with Crippen molar-refractivity contribution in [3.8, 4) is 0 Å². The van der Waals surface area contributed by atoms with Gasteiger partial charge in [-0.05, 0) is 45.7 Å². The number of hydrogen-bond acceptors (Lipinski definition) is 4. The van der Waals surface area contributed by atoms with Gasteiger partial charge in [0, 0.05) is 31.3 Å². The second-order valence-electron chi connectivity index (χ2n) is 7.25. The van der Waals surface area contributed by atoms with Crippen LogP contribution in [0.15, 0.2) is 16.7 Å². The molecule has 0 bridgehead atoms. The van der Waals surface area contributed by atoms with Crippen LogP contribution in [0.1, 0.15) is 45.4 Å². The van der Waals surface area contributed by atoms with Crippen LogP contribution in [0.4, 0.5) is 0 Å². The van der Waals surface area contributed by atoms with Gasteiger partial charge in [0.1, 0.15) is 5.76 Å². The zero-order valence-corrected chi connectivity index (χ0v) is 14.1. The van der Waals surface area contributed by atoms with Crippen molar-refractivity contribution < 1.29 is 9.15 Å². The van der Waals surface area contributed by atoms with Gasteiger partial charge < -0.3 is 14.5 Å². The molecule has 0 amide bonds. The Balaban J connectivity index is 1.93. The summed E-state index contributed by atoms with van der Waals surface area (Å²) in [5.74, 6) is 1.70. The predicted octanol–water partition coefficient (Wildman–Crippen LogP) is 3.02. The van der Waals surface area contributed by atoms with E-state index in [2.05, 4.69) is 44.0 Å². The summed E-state index contributed by atoms with van der Waals surface area (Å²) in [5, 5.41) is 3.49. The van der Waals surface area contributed by atoms with Crippen LogP contribution < -0.4 is 5.32 Å². The molecule has 1 aromatic rings. The third-order valence-electron chi connectivity index (χ3n) is 4.29. The van der Waals surface area contributed by atoms with Crippen LogP contribution in [0.3, 0.4) is 0 Å². The molecule has 2 atom stereocenters.